The lowest BCUT2D eigenvalue weighted by molar-refractivity contribution is 0.415. The van der Waals surface area contributed by atoms with Gasteiger partial charge in [-0.15, -0.1) is 11.3 Å². The fraction of sp³-hybridized carbons (Fsp3) is 0.357. The molecule has 0 aliphatic heterocycles. The molecule has 90 valence electrons. The Morgan fingerprint density at radius 1 is 1.18 bits per heavy atom. The Morgan fingerprint density at radius 2 is 1.82 bits per heavy atom. The summed E-state index contributed by atoms with van der Waals surface area (Å²) < 4.78 is 5.16. The van der Waals surface area contributed by atoms with Gasteiger partial charge in [-0.2, -0.15) is 0 Å². The second kappa shape index (κ2) is 4.88. The summed E-state index contributed by atoms with van der Waals surface area (Å²) in [6, 6.07) is 8.06. The lowest BCUT2D eigenvalue weighted by atomic mass is 10.1. The molecule has 0 saturated carbocycles. The Morgan fingerprint density at radius 3 is 2.29 bits per heavy atom. The second-order valence-electron chi connectivity index (χ2n) is 4.34. The average molecular weight is 247 g/mol. The molecule has 0 unspecified atom stereocenters. The molecule has 0 atom stereocenters. The highest BCUT2D eigenvalue weighted by Crippen LogP contribution is 2.31. The highest BCUT2D eigenvalue weighted by Gasteiger charge is 2.11. The molecule has 0 fully saturated rings. The summed E-state index contributed by atoms with van der Waals surface area (Å²) in [6.07, 6.45) is 0. The zero-order chi connectivity index (χ0) is 12.4. The summed E-state index contributed by atoms with van der Waals surface area (Å²) in [7, 11) is 1.68. The fourth-order valence-corrected chi connectivity index (χ4v) is 2.87. The van der Waals surface area contributed by atoms with Crippen LogP contribution in [0.4, 0.5) is 0 Å². The van der Waals surface area contributed by atoms with E-state index in [4.69, 9.17) is 9.72 Å². The third-order valence-corrected chi connectivity index (χ3v) is 3.75. The van der Waals surface area contributed by atoms with Crippen LogP contribution in [0.2, 0.25) is 0 Å². The molecule has 2 aromatic rings. The summed E-state index contributed by atoms with van der Waals surface area (Å²) in [4.78, 5) is 6.02. The van der Waals surface area contributed by atoms with Crippen molar-refractivity contribution in [2.24, 2.45) is 0 Å². The van der Waals surface area contributed by atoms with Gasteiger partial charge in [-0.1, -0.05) is 13.8 Å². The minimum Gasteiger partial charge on any atom is -0.497 e. The van der Waals surface area contributed by atoms with E-state index < -0.39 is 0 Å². The van der Waals surface area contributed by atoms with Gasteiger partial charge in [0, 0.05) is 10.4 Å². The molecule has 0 aliphatic rings. The van der Waals surface area contributed by atoms with Gasteiger partial charge in [0.25, 0.3) is 0 Å². The van der Waals surface area contributed by atoms with Crippen LogP contribution >= 0.6 is 11.3 Å². The minimum absolute atomic E-state index is 0.484. The van der Waals surface area contributed by atoms with Crippen molar-refractivity contribution in [2.75, 3.05) is 7.11 Å². The third kappa shape index (κ3) is 2.50. The number of ether oxygens (including phenoxy) is 1. The number of methoxy groups -OCH3 is 1. The van der Waals surface area contributed by atoms with Gasteiger partial charge in [-0.3, -0.25) is 0 Å². The first kappa shape index (κ1) is 12.1. The number of thiazole rings is 1. The average Bonchev–Trinajstić information content (AvgIpc) is 2.71. The van der Waals surface area contributed by atoms with Crippen LogP contribution in [0.5, 0.6) is 5.75 Å². The summed E-state index contributed by atoms with van der Waals surface area (Å²) >= 11 is 1.76. The largest absolute Gasteiger partial charge is 0.497 e. The zero-order valence-electron chi connectivity index (χ0n) is 10.7. The van der Waals surface area contributed by atoms with Crippen molar-refractivity contribution in [3.8, 4) is 16.3 Å². The molecule has 0 aliphatic carbocycles. The van der Waals surface area contributed by atoms with E-state index in [1.54, 1.807) is 18.4 Å². The van der Waals surface area contributed by atoms with Gasteiger partial charge in [0.2, 0.25) is 0 Å². The molecule has 0 N–H and O–H groups in total. The number of aryl methyl sites for hydroxylation is 1. The van der Waals surface area contributed by atoms with Gasteiger partial charge in [0.1, 0.15) is 10.8 Å². The van der Waals surface area contributed by atoms with E-state index >= 15 is 0 Å². The molecule has 0 radical (unpaired) electrons. The first-order chi connectivity index (χ1) is 8.11. The van der Waals surface area contributed by atoms with E-state index in [1.807, 2.05) is 12.1 Å². The molecule has 0 amide bonds. The third-order valence-electron chi connectivity index (χ3n) is 2.72. The van der Waals surface area contributed by atoms with Crippen molar-refractivity contribution < 1.29 is 4.74 Å². The van der Waals surface area contributed by atoms with Crippen LogP contribution in [0.15, 0.2) is 24.3 Å². The van der Waals surface area contributed by atoms with Crippen molar-refractivity contribution >= 4 is 11.3 Å². The number of rotatable bonds is 3. The van der Waals surface area contributed by atoms with E-state index in [2.05, 4.69) is 32.9 Å². The number of nitrogens with zero attached hydrogens (tertiary/aromatic N) is 1. The maximum atomic E-state index is 5.16. The van der Waals surface area contributed by atoms with E-state index in [-0.39, 0.29) is 0 Å². The summed E-state index contributed by atoms with van der Waals surface area (Å²) in [5.41, 5.74) is 2.37. The predicted molar refractivity (Wildman–Crippen MR) is 72.9 cm³/mol. The normalized spacial score (nSPS) is 10.9. The summed E-state index contributed by atoms with van der Waals surface area (Å²) in [5, 5.41) is 1.09. The SMILES string of the molecule is COc1ccc(-c2nc(C(C)C)c(C)s2)cc1. The number of benzene rings is 1. The molecular weight excluding hydrogens is 230 g/mol. The Balaban J connectivity index is 2.36. The Labute approximate surface area is 106 Å². The lowest BCUT2D eigenvalue weighted by Crippen LogP contribution is -1.89. The Hall–Kier alpha value is -1.35. The van der Waals surface area contributed by atoms with Crippen LogP contribution in [0.25, 0.3) is 10.6 Å². The molecule has 17 heavy (non-hydrogen) atoms. The van der Waals surface area contributed by atoms with Crippen molar-refractivity contribution in [2.45, 2.75) is 26.7 Å². The number of aromatic nitrogens is 1. The van der Waals surface area contributed by atoms with Gasteiger partial charge >= 0.3 is 0 Å². The van der Waals surface area contributed by atoms with Crippen LogP contribution in [0.3, 0.4) is 0 Å². The van der Waals surface area contributed by atoms with E-state index in [9.17, 15) is 0 Å². The lowest BCUT2D eigenvalue weighted by Gasteiger charge is -2.01. The fourth-order valence-electron chi connectivity index (χ4n) is 1.80. The molecule has 1 aromatic carbocycles. The molecule has 1 aromatic heterocycles. The van der Waals surface area contributed by atoms with Crippen LogP contribution < -0.4 is 4.74 Å². The summed E-state index contributed by atoms with van der Waals surface area (Å²) in [5.74, 6) is 1.37. The monoisotopic (exact) mass is 247 g/mol. The van der Waals surface area contributed by atoms with Gasteiger partial charge in [-0.25, -0.2) is 4.98 Å². The molecule has 0 spiro atoms. The van der Waals surface area contributed by atoms with Crippen molar-refractivity contribution in [1.29, 1.82) is 0 Å². The van der Waals surface area contributed by atoms with Crippen molar-refractivity contribution in [1.82, 2.24) is 4.98 Å². The van der Waals surface area contributed by atoms with Crippen LogP contribution in [0, 0.1) is 6.92 Å². The first-order valence-electron chi connectivity index (χ1n) is 5.73. The quantitative estimate of drug-likeness (QED) is 0.809. The zero-order valence-corrected chi connectivity index (χ0v) is 11.5. The molecule has 3 heteroatoms. The topological polar surface area (TPSA) is 22.1 Å². The standard InChI is InChI=1S/C14H17NOS/c1-9(2)13-10(3)17-14(15-13)11-5-7-12(16-4)8-6-11/h5-9H,1-4H3. The Bertz CT molecular complexity index is 499. The van der Waals surface area contributed by atoms with Gasteiger partial charge in [0.15, 0.2) is 0 Å². The van der Waals surface area contributed by atoms with E-state index in [0.717, 1.165) is 16.3 Å². The number of hydrogen-bond acceptors (Lipinski definition) is 3. The second-order valence-corrected chi connectivity index (χ2v) is 5.55. The molecule has 2 nitrogen and oxygen atoms in total. The highest BCUT2D eigenvalue weighted by atomic mass is 32.1. The van der Waals surface area contributed by atoms with E-state index in [1.165, 1.54) is 10.6 Å². The predicted octanol–water partition coefficient (Wildman–Crippen LogP) is 4.25. The molecule has 2 rings (SSSR count). The van der Waals surface area contributed by atoms with Crippen LogP contribution in [0.1, 0.15) is 30.3 Å². The smallest absolute Gasteiger partial charge is 0.123 e. The maximum absolute atomic E-state index is 5.16. The van der Waals surface area contributed by atoms with Crippen LogP contribution in [-0.2, 0) is 0 Å². The highest BCUT2D eigenvalue weighted by molar-refractivity contribution is 7.15. The van der Waals surface area contributed by atoms with Crippen molar-refractivity contribution in [3.63, 3.8) is 0 Å². The minimum atomic E-state index is 0.484. The number of hydrogen-bond donors (Lipinski definition) is 0. The van der Waals surface area contributed by atoms with Gasteiger partial charge in [-0.05, 0) is 37.1 Å². The molecular formula is C14H17NOS. The molecule has 0 saturated heterocycles. The van der Waals surface area contributed by atoms with E-state index in [0.29, 0.717) is 5.92 Å². The van der Waals surface area contributed by atoms with Crippen LogP contribution in [-0.4, -0.2) is 12.1 Å². The maximum Gasteiger partial charge on any atom is 0.123 e. The molecule has 1 heterocycles. The molecule has 0 bridgehead atoms. The summed E-state index contributed by atoms with van der Waals surface area (Å²) in [6.45, 7) is 6.50. The van der Waals surface area contributed by atoms with Gasteiger partial charge in [0.05, 0.1) is 12.8 Å². The Kier molecular flexibility index (Phi) is 3.48. The van der Waals surface area contributed by atoms with Gasteiger partial charge < -0.3 is 4.74 Å². The first-order valence-corrected chi connectivity index (χ1v) is 6.55. The van der Waals surface area contributed by atoms with Crippen molar-refractivity contribution in [3.05, 3.63) is 34.8 Å².